The molecule has 0 aliphatic rings. The minimum Gasteiger partial charge on any atom is -0.399 e. The fourth-order valence-corrected chi connectivity index (χ4v) is 4.23. The molecule has 0 unspecified atom stereocenters. The summed E-state index contributed by atoms with van der Waals surface area (Å²) in [6.45, 7) is 0. The topological polar surface area (TPSA) is 60.2 Å². The highest BCUT2D eigenvalue weighted by Crippen LogP contribution is 2.27. The normalized spacial score (nSPS) is 11.5. The van der Waals surface area contributed by atoms with Crippen LogP contribution in [0.4, 0.5) is 10.1 Å². The predicted octanol–water partition coefficient (Wildman–Crippen LogP) is 3.14. The van der Waals surface area contributed by atoms with Gasteiger partial charge in [0.2, 0.25) is 0 Å². The molecular weight excluding hydrogens is 333 g/mol. The minimum absolute atomic E-state index is 0.102. The van der Waals surface area contributed by atoms with E-state index < -0.39 is 15.7 Å². The molecule has 0 fully saturated rings. The number of nitrogen functional groups attached to an aromatic ring is 1. The molecule has 0 spiro atoms. The van der Waals surface area contributed by atoms with Crippen LogP contribution in [0.1, 0.15) is 5.56 Å². The van der Waals surface area contributed by atoms with Gasteiger partial charge in [-0.25, -0.2) is 12.8 Å². The molecule has 100 valence electrons. The lowest BCUT2D eigenvalue weighted by Crippen LogP contribution is -2.07. The fraction of sp³-hybridized carbons (Fsp3) is 0.0769. The van der Waals surface area contributed by atoms with Crippen molar-refractivity contribution in [2.45, 2.75) is 10.6 Å². The monoisotopic (exact) mass is 343 g/mol. The van der Waals surface area contributed by atoms with Crippen molar-refractivity contribution in [3.63, 3.8) is 0 Å². The number of benzene rings is 2. The van der Waals surface area contributed by atoms with Gasteiger partial charge in [0.25, 0.3) is 0 Å². The van der Waals surface area contributed by atoms with Gasteiger partial charge in [-0.3, -0.25) is 0 Å². The van der Waals surface area contributed by atoms with Crippen LogP contribution in [0.25, 0.3) is 0 Å². The maximum atomic E-state index is 13.5. The van der Waals surface area contributed by atoms with Gasteiger partial charge in [0.1, 0.15) is 5.82 Å². The molecule has 2 aromatic carbocycles. The number of sulfone groups is 1. The first-order valence-corrected chi connectivity index (χ1v) is 7.86. The molecule has 0 aromatic heterocycles. The van der Waals surface area contributed by atoms with Crippen LogP contribution in [-0.2, 0) is 15.6 Å². The van der Waals surface area contributed by atoms with E-state index in [1.165, 1.54) is 36.4 Å². The molecule has 0 saturated carbocycles. The summed E-state index contributed by atoms with van der Waals surface area (Å²) < 4.78 is 38.4. The van der Waals surface area contributed by atoms with E-state index in [4.69, 9.17) is 5.73 Å². The minimum atomic E-state index is -3.63. The summed E-state index contributed by atoms with van der Waals surface area (Å²) >= 11 is 3.16. The molecule has 2 aromatic rings. The molecule has 2 rings (SSSR count). The third kappa shape index (κ3) is 3.13. The third-order valence-electron chi connectivity index (χ3n) is 2.59. The Morgan fingerprint density at radius 2 is 1.84 bits per heavy atom. The van der Waals surface area contributed by atoms with E-state index in [9.17, 15) is 12.8 Å². The van der Waals surface area contributed by atoms with Crippen LogP contribution in [0.15, 0.2) is 51.8 Å². The van der Waals surface area contributed by atoms with E-state index in [0.717, 1.165) is 0 Å². The Morgan fingerprint density at radius 3 is 2.47 bits per heavy atom. The first-order valence-electron chi connectivity index (χ1n) is 5.41. The molecule has 0 atom stereocenters. The zero-order valence-corrected chi connectivity index (χ0v) is 12.2. The Balaban J connectivity index is 2.41. The van der Waals surface area contributed by atoms with E-state index in [2.05, 4.69) is 15.9 Å². The van der Waals surface area contributed by atoms with Crippen LogP contribution in [0, 0.1) is 5.82 Å². The Morgan fingerprint density at radius 1 is 1.16 bits per heavy atom. The molecule has 0 heterocycles. The molecule has 2 N–H and O–H groups in total. The number of anilines is 1. The van der Waals surface area contributed by atoms with Crippen molar-refractivity contribution in [2.75, 3.05) is 5.73 Å². The molecule has 0 saturated heterocycles. The standard InChI is InChI=1S/C13H11BrFNO2S/c14-11-7-10(16)5-6-13(11)19(17,18)8-9-3-1-2-4-12(9)15/h1-7H,8,16H2. The van der Waals surface area contributed by atoms with E-state index in [1.54, 1.807) is 6.07 Å². The largest absolute Gasteiger partial charge is 0.399 e. The van der Waals surface area contributed by atoms with E-state index in [1.807, 2.05) is 0 Å². The van der Waals surface area contributed by atoms with Gasteiger partial charge < -0.3 is 5.73 Å². The van der Waals surface area contributed by atoms with Gasteiger partial charge in [-0.15, -0.1) is 0 Å². The van der Waals surface area contributed by atoms with Gasteiger partial charge in [0.05, 0.1) is 10.6 Å². The predicted molar refractivity (Wildman–Crippen MR) is 75.8 cm³/mol. The highest BCUT2D eigenvalue weighted by Gasteiger charge is 2.20. The van der Waals surface area contributed by atoms with Crippen LogP contribution in [0.2, 0.25) is 0 Å². The molecule has 19 heavy (non-hydrogen) atoms. The summed E-state index contributed by atoms with van der Waals surface area (Å²) in [5, 5.41) is 0. The third-order valence-corrected chi connectivity index (χ3v) is 5.23. The molecule has 0 bridgehead atoms. The summed E-state index contributed by atoms with van der Waals surface area (Å²) in [7, 11) is -3.63. The molecular formula is C13H11BrFNO2S. The lowest BCUT2D eigenvalue weighted by molar-refractivity contribution is 0.586. The van der Waals surface area contributed by atoms with E-state index in [0.29, 0.717) is 10.2 Å². The highest BCUT2D eigenvalue weighted by atomic mass is 79.9. The number of nitrogens with two attached hydrogens (primary N) is 1. The smallest absolute Gasteiger partial charge is 0.183 e. The first kappa shape index (κ1) is 14.0. The molecule has 0 radical (unpaired) electrons. The number of halogens is 2. The second kappa shape index (κ2) is 5.30. The lowest BCUT2D eigenvalue weighted by atomic mass is 10.2. The quantitative estimate of drug-likeness (QED) is 0.871. The molecule has 0 aliphatic carbocycles. The Hall–Kier alpha value is -1.40. The average Bonchev–Trinajstić information content (AvgIpc) is 2.31. The average molecular weight is 344 g/mol. The summed E-state index contributed by atoms with van der Waals surface area (Å²) in [5.41, 5.74) is 6.16. The molecule has 0 amide bonds. The zero-order valence-electron chi connectivity index (χ0n) is 9.81. The molecule has 6 heteroatoms. The summed E-state index contributed by atoms with van der Waals surface area (Å²) in [4.78, 5) is 0.102. The summed E-state index contributed by atoms with van der Waals surface area (Å²) in [6, 6.07) is 10.2. The SMILES string of the molecule is Nc1ccc(S(=O)(=O)Cc2ccccc2F)c(Br)c1. The number of hydrogen-bond acceptors (Lipinski definition) is 3. The van der Waals surface area contributed by atoms with Crippen molar-refractivity contribution in [1.29, 1.82) is 0 Å². The summed E-state index contributed by atoms with van der Waals surface area (Å²) in [6.07, 6.45) is 0. The first-order chi connectivity index (χ1) is 8.90. The maximum absolute atomic E-state index is 13.5. The van der Waals surface area contributed by atoms with Gasteiger partial charge in [-0.2, -0.15) is 0 Å². The van der Waals surface area contributed by atoms with Crippen molar-refractivity contribution < 1.29 is 12.8 Å². The molecule has 3 nitrogen and oxygen atoms in total. The zero-order chi connectivity index (χ0) is 14.0. The van der Waals surface area contributed by atoms with Crippen molar-refractivity contribution in [3.8, 4) is 0 Å². The molecule has 0 aliphatic heterocycles. The Bertz CT molecular complexity index is 716. The van der Waals surface area contributed by atoms with Gasteiger partial charge >= 0.3 is 0 Å². The van der Waals surface area contributed by atoms with Gasteiger partial charge in [-0.1, -0.05) is 18.2 Å². The van der Waals surface area contributed by atoms with Crippen molar-refractivity contribution in [3.05, 3.63) is 58.3 Å². The van der Waals surface area contributed by atoms with Crippen molar-refractivity contribution >= 4 is 31.5 Å². The second-order valence-corrected chi connectivity index (χ2v) is 6.85. The number of hydrogen-bond donors (Lipinski definition) is 1. The van der Waals surface area contributed by atoms with Crippen LogP contribution in [0.5, 0.6) is 0 Å². The van der Waals surface area contributed by atoms with Gasteiger partial charge in [0.15, 0.2) is 9.84 Å². The Labute approximate surface area is 119 Å². The van der Waals surface area contributed by atoms with Crippen LogP contribution >= 0.6 is 15.9 Å². The second-order valence-electron chi connectivity index (χ2n) is 4.04. The number of rotatable bonds is 3. The highest BCUT2D eigenvalue weighted by molar-refractivity contribution is 9.10. The maximum Gasteiger partial charge on any atom is 0.183 e. The van der Waals surface area contributed by atoms with E-state index >= 15 is 0 Å². The van der Waals surface area contributed by atoms with Crippen LogP contribution in [-0.4, -0.2) is 8.42 Å². The Kier molecular flexibility index (Phi) is 3.91. The fourth-order valence-electron chi connectivity index (χ4n) is 1.67. The van der Waals surface area contributed by atoms with Crippen molar-refractivity contribution in [1.82, 2.24) is 0 Å². The van der Waals surface area contributed by atoms with E-state index in [-0.39, 0.29) is 16.2 Å². The van der Waals surface area contributed by atoms with Crippen LogP contribution < -0.4 is 5.73 Å². The van der Waals surface area contributed by atoms with Gasteiger partial charge in [-0.05, 0) is 40.2 Å². The van der Waals surface area contributed by atoms with Crippen LogP contribution in [0.3, 0.4) is 0 Å². The van der Waals surface area contributed by atoms with Gasteiger partial charge in [0, 0.05) is 15.7 Å². The summed E-state index contributed by atoms with van der Waals surface area (Å²) in [5.74, 6) is -0.917. The lowest BCUT2D eigenvalue weighted by Gasteiger charge is -2.08. The van der Waals surface area contributed by atoms with Crippen molar-refractivity contribution in [2.24, 2.45) is 0 Å².